The Bertz CT molecular complexity index is 1470. The van der Waals surface area contributed by atoms with Crippen molar-refractivity contribution >= 4 is 46.4 Å². The number of carbonyl (C=O) groups is 2. The molecule has 36 heavy (non-hydrogen) atoms. The molecule has 2 amide bonds. The number of anilines is 2. The van der Waals surface area contributed by atoms with E-state index in [0.717, 1.165) is 5.56 Å². The van der Waals surface area contributed by atoms with Crippen molar-refractivity contribution in [1.29, 1.82) is 0 Å². The average molecular weight is 519 g/mol. The first-order chi connectivity index (χ1) is 17.4. The zero-order valence-corrected chi connectivity index (χ0v) is 20.6. The van der Waals surface area contributed by atoms with Crippen LogP contribution >= 0.6 is 23.2 Å². The molecule has 3 atom stereocenters. The predicted octanol–water partition coefficient (Wildman–Crippen LogP) is 6.61. The first-order valence-electron chi connectivity index (χ1n) is 11.4. The molecule has 0 radical (unpaired) electrons. The lowest BCUT2D eigenvalue weighted by Crippen LogP contribution is -2.37. The lowest BCUT2D eigenvalue weighted by Gasteiger charge is -2.27. The van der Waals surface area contributed by atoms with Gasteiger partial charge in [-0.1, -0.05) is 59.1 Å². The van der Waals surface area contributed by atoms with Gasteiger partial charge < -0.3 is 4.42 Å². The highest BCUT2D eigenvalue weighted by molar-refractivity contribution is 6.35. The van der Waals surface area contributed by atoms with Gasteiger partial charge in [-0.3, -0.25) is 14.4 Å². The number of amides is 2. The van der Waals surface area contributed by atoms with Crippen molar-refractivity contribution in [2.45, 2.75) is 19.1 Å². The maximum absolute atomic E-state index is 13.7. The summed E-state index contributed by atoms with van der Waals surface area (Å²) in [6.45, 7) is 1.95. The molecule has 4 aromatic rings. The van der Waals surface area contributed by atoms with Gasteiger partial charge in [-0.15, -0.1) is 0 Å². The van der Waals surface area contributed by atoms with Gasteiger partial charge in [0.2, 0.25) is 5.91 Å². The summed E-state index contributed by atoms with van der Waals surface area (Å²) in [5, 5.41) is 2.60. The predicted molar refractivity (Wildman–Crippen MR) is 138 cm³/mol. The number of furan rings is 1. The number of carbonyl (C=O) groups excluding carboxylic acids is 2. The lowest BCUT2D eigenvalue weighted by molar-refractivity contribution is -0.126. The zero-order valence-electron chi connectivity index (χ0n) is 19.1. The second kappa shape index (κ2) is 8.82. The molecule has 2 saturated heterocycles. The van der Waals surface area contributed by atoms with Crippen LogP contribution < -0.4 is 9.96 Å². The normalized spacial score (nSPS) is 21.4. The number of hydrogen-bond donors (Lipinski definition) is 0. The number of hydroxylamine groups is 1. The van der Waals surface area contributed by atoms with Gasteiger partial charge in [-0.05, 0) is 61.5 Å². The Hall–Kier alpha value is -3.58. The molecular formula is C28H20Cl2N2O4. The molecule has 0 unspecified atom stereocenters. The van der Waals surface area contributed by atoms with Gasteiger partial charge >= 0.3 is 0 Å². The summed E-state index contributed by atoms with van der Waals surface area (Å²) >= 11 is 12.6. The largest absolute Gasteiger partial charge is 0.459 e. The van der Waals surface area contributed by atoms with Gasteiger partial charge in [-0.25, -0.2) is 9.96 Å². The highest BCUT2D eigenvalue weighted by Gasteiger charge is 2.61. The van der Waals surface area contributed by atoms with Crippen LogP contribution in [0.4, 0.5) is 11.4 Å². The maximum Gasteiger partial charge on any atom is 0.266 e. The van der Waals surface area contributed by atoms with E-state index in [4.69, 9.17) is 32.5 Å². The van der Waals surface area contributed by atoms with E-state index in [9.17, 15) is 9.59 Å². The van der Waals surface area contributed by atoms with E-state index < -0.39 is 24.0 Å². The van der Waals surface area contributed by atoms with Crippen LogP contribution in [0.2, 0.25) is 10.0 Å². The smallest absolute Gasteiger partial charge is 0.266 e. The fourth-order valence-corrected chi connectivity index (χ4v) is 5.18. The quantitative estimate of drug-likeness (QED) is 0.284. The first-order valence-corrected chi connectivity index (χ1v) is 12.2. The molecule has 6 nitrogen and oxygen atoms in total. The van der Waals surface area contributed by atoms with Crippen LogP contribution in [0.1, 0.15) is 17.4 Å². The molecule has 0 aliphatic carbocycles. The lowest BCUT2D eigenvalue weighted by atomic mass is 9.94. The van der Waals surface area contributed by atoms with Crippen molar-refractivity contribution in [2.75, 3.05) is 9.96 Å². The molecular weight excluding hydrogens is 499 g/mol. The molecule has 3 aromatic carbocycles. The van der Waals surface area contributed by atoms with Crippen LogP contribution in [0, 0.1) is 12.8 Å². The monoisotopic (exact) mass is 518 g/mol. The third kappa shape index (κ3) is 3.69. The second-order valence-electron chi connectivity index (χ2n) is 8.83. The van der Waals surface area contributed by atoms with Gasteiger partial charge in [0.15, 0.2) is 6.10 Å². The maximum atomic E-state index is 13.7. The number of benzene rings is 3. The Kier molecular flexibility index (Phi) is 5.60. The summed E-state index contributed by atoms with van der Waals surface area (Å²) in [5.41, 5.74) is 2.89. The van der Waals surface area contributed by atoms with E-state index in [2.05, 4.69) is 0 Å². The number of fused-ring (bicyclic) bond motifs is 1. The molecule has 2 fully saturated rings. The number of hydrogen-bond acceptors (Lipinski definition) is 5. The fourth-order valence-electron chi connectivity index (χ4n) is 4.79. The summed E-state index contributed by atoms with van der Waals surface area (Å²) in [7, 11) is 0. The molecule has 0 N–H and O–H groups in total. The Morgan fingerprint density at radius 3 is 2.31 bits per heavy atom. The van der Waals surface area contributed by atoms with E-state index in [1.807, 2.05) is 49.4 Å². The molecule has 3 heterocycles. The van der Waals surface area contributed by atoms with E-state index in [1.54, 1.807) is 47.5 Å². The third-order valence-corrected chi connectivity index (χ3v) is 7.10. The van der Waals surface area contributed by atoms with Crippen LogP contribution in [0.15, 0.2) is 89.3 Å². The number of aryl methyl sites for hydroxylation is 1. The summed E-state index contributed by atoms with van der Waals surface area (Å²) in [6, 6.07) is 24.6. The highest BCUT2D eigenvalue weighted by atomic mass is 35.5. The molecule has 180 valence electrons. The minimum Gasteiger partial charge on any atom is -0.459 e. The van der Waals surface area contributed by atoms with Crippen molar-refractivity contribution in [2.24, 2.45) is 5.92 Å². The van der Waals surface area contributed by atoms with Crippen LogP contribution in [0.5, 0.6) is 0 Å². The third-order valence-electron chi connectivity index (χ3n) is 6.53. The summed E-state index contributed by atoms with van der Waals surface area (Å²) in [5.74, 6) is -0.559. The van der Waals surface area contributed by atoms with Crippen LogP contribution in [-0.4, -0.2) is 17.9 Å². The fraction of sp³-hybridized carbons (Fsp3) is 0.143. The minimum atomic E-state index is -0.979. The summed E-state index contributed by atoms with van der Waals surface area (Å²) in [4.78, 5) is 34.6. The van der Waals surface area contributed by atoms with Crippen molar-refractivity contribution in [3.8, 4) is 11.3 Å². The molecule has 0 spiro atoms. The molecule has 1 aromatic heterocycles. The number of para-hydroxylation sites is 1. The minimum absolute atomic E-state index is 0.337. The zero-order chi connectivity index (χ0) is 25.0. The van der Waals surface area contributed by atoms with Crippen molar-refractivity contribution < 1.29 is 18.8 Å². The summed E-state index contributed by atoms with van der Waals surface area (Å²) in [6.07, 6.45) is -0.979. The second-order valence-corrected chi connectivity index (χ2v) is 9.68. The molecule has 0 bridgehead atoms. The number of imide groups is 1. The number of rotatable bonds is 4. The molecule has 2 aliphatic heterocycles. The standard InChI is InChI=1S/C28H20Cl2N2O4/c1-16-7-10-18(11-8-16)31-27(33)24-25(32(36-26(24)28(31)34)19-5-3-2-4-6-19)23-14-13-22(35-23)20-15-17(29)9-12-21(20)30/h2-15,24-26H,1H3/t24-,25+,26-/m0/s1. The first kappa shape index (κ1) is 22.9. The van der Waals surface area contributed by atoms with E-state index >= 15 is 0 Å². The van der Waals surface area contributed by atoms with Crippen molar-refractivity contribution in [3.63, 3.8) is 0 Å². The van der Waals surface area contributed by atoms with Gasteiger partial charge in [0.25, 0.3) is 5.91 Å². The van der Waals surface area contributed by atoms with E-state index in [1.165, 1.54) is 4.90 Å². The van der Waals surface area contributed by atoms with Crippen molar-refractivity contribution in [3.05, 3.63) is 106 Å². The molecule has 0 saturated carbocycles. The van der Waals surface area contributed by atoms with E-state index in [0.29, 0.717) is 38.5 Å². The van der Waals surface area contributed by atoms with Crippen LogP contribution in [0.3, 0.4) is 0 Å². The number of halogens is 2. The Morgan fingerprint density at radius 2 is 1.56 bits per heavy atom. The Labute approximate surface area is 217 Å². The van der Waals surface area contributed by atoms with Crippen molar-refractivity contribution in [1.82, 2.24) is 0 Å². The Balaban J connectivity index is 1.43. The van der Waals surface area contributed by atoms with Gasteiger partial charge in [0, 0.05) is 10.6 Å². The molecule has 6 rings (SSSR count). The van der Waals surface area contributed by atoms with Gasteiger partial charge in [0.05, 0.1) is 16.4 Å². The topological polar surface area (TPSA) is 63.0 Å². The highest BCUT2D eigenvalue weighted by Crippen LogP contribution is 2.48. The van der Waals surface area contributed by atoms with Gasteiger partial charge in [0.1, 0.15) is 23.5 Å². The SMILES string of the molecule is Cc1ccc(N2C(=O)[C@@H]3[C@H](ON(c4ccccc4)[C@@H]3c3ccc(-c4cc(Cl)ccc4Cl)o3)C2=O)cc1. The van der Waals surface area contributed by atoms with E-state index in [-0.39, 0.29) is 5.91 Å². The van der Waals surface area contributed by atoms with Crippen LogP contribution in [0.25, 0.3) is 11.3 Å². The molecule has 8 heteroatoms. The number of nitrogens with zero attached hydrogens (tertiary/aromatic N) is 2. The van der Waals surface area contributed by atoms with Gasteiger partial charge in [-0.2, -0.15) is 0 Å². The molecule has 2 aliphatic rings. The average Bonchev–Trinajstić information content (AvgIpc) is 3.57. The Morgan fingerprint density at radius 1 is 0.806 bits per heavy atom. The van der Waals surface area contributed by atoms with Crippen LogP contribution in [-0.2, 0) is 14.4 Å². The summed E-state index contributed by atoms with van der Waals surface area (Å²) < 4.78 is 6.24.